The summed E-state index contributed by atoms with van der Waals surface area (Å²) in [7, 11) is 0. The maximum absolute atomic E-state index is 3.92. The number of benzene rings is 12. The Kier molecular flexibility index (Phi) is 8.04. The van der Waals surface area contributed by atoms with E-state index in [2.05, 4.69) is 226 Å². The highest BCUT2D eigenvalue weighted by molar-refractivity contribution is 7.25. The molecule has 0 N–H and O–H groups in total. The molecule has 1 heterocycles. The summed E-state index contributed by atoms with van der Waals surface area (Å²) in [6.07, 6.45) is 6.05. The van der Waals surface area contributed by atoms with Crippen molar-refractivity contribution in [2.24, 2.45) is 0 Å². The molecule has 0 nitrogen and oxygen atoms in total. The number of allylic oxidation sites excluding steroid dienone is 2. The third-order valence-corrected chi connectivity index (χ3v) is 16.8. The molecule has 0 saturated carbocycles. The van der Waals surface area contributed by atoms with Crippen molar-refractivity contribution in [3.05, 3.63) is 258 Å². The third kappa shape index (κ3) is 5.18. The van der Waals surface area contributed by atoms with Gasteiger partial charge in [0.1, 0.15) is 0 Å². The lowest BCUT2D eigenvalue weighted by molar-refractivity contribution is 0.803. The topological polar surface area (TPSA) is 0 Å². The third-order valence-electron chi connectivity index (χ3n) is 15.7. The summed E-state index contributed by atoms with van der Waals surface area (Å²) in [4.78, 5) is 0. The average Bonchev–Trinajstić information content (AvgIpc) is 4.01. The molecule has 0 radical (unpaired) electrons. The summed E-state index contributed by atoms with van der Waals surface area (Å²) < 4.78 is 2.63. The molecule has 2 aliphatic rings. The zero-order valence-corrected chi connectivity index (χ0v) is 38.8. The summed E-state index contributed by atoms with van der Waals surface area (Å²) in [5.41, 5.74) is 17.9. The number of thiophene rings is 1. The van der Waals surface area contributed by atoms with Crippen LogP contribution in [0.3, 0.4) is 0 Å². The molecule has 13 aromatic rings. The SMILES string of the molecule is C=C/C=C\c1cc2c(cc1C)sc1ccc(-c3c4ccccc4c(-c4ccc5cc6c(cc5c4)C4(c5ccccc5-c5ccccc54)c4c-6c5ccccc5c5ccccc45)c4ccccc34)cc12. The highest BCUT2D eigenvalue weighted by Gasteiger charge is 2.53. The first-order valence-corrected chi connectivity index (χ1v) is 24.8. The molecular weight excluding hydrogens is 849 g/mol. The minimum absolute atomic E-state index is 0.496. The number of hydrogen-bond acceptors (Lipinski definition) is 1. The molecule has 2 aliphatic carbocycles. The Hall–Kier alpha value is -8.36. The van der Waals surface area contributed by atoms with E-state index in [4.69, 9.17) is 0 Å². The molecule has 0 aliphatic heterocycles. The minimum atomic E-state index is -0.496. The second-order valence-electron chi connectivity index (χ2n) is 19.1. The van der Waals surface area contributed by atoms with E-state index in [-0.39, 0.29) is 0 Å². The predicted molar refractivity (Wildman–Crippen MR) is 298 cm³/mol. The van der Waals surface area contributed by atoms with Crippen LogP contribution in [0.25, 0.3) is 125 Å². The fraction of sp³-hybridized carbons (Fsp3) is 0.0294. The van der Waals surface area contributed by atoms with Crippen LogP contribution in [-0.4, -0.2) is 0 Å². The predicted octanol–water partition coefficient (Wildman–Crippen LogP) is 19.0. The van der Waals surface area contributed by atoms with Crippen molar-refractivity contribution in [2.45, 2.75) is 12.3 Å². The number of aryl methyl sites for hydroxylation is 1. The molecule has 0 fully saturated rings. The van der Waals surface area contributed by atoms with Crippen LogP contribution in [-0.2, 0) is 5.41 Å². The van der Waals surface area contributed by atoms with Crippen LogP contribution in [0.4, 0.5) is 0 Å². The van der Waals surface area contributed by atoms with Crippen LogP contribution >= 0.6 is 11.3 Å². The van der Waals surface area contributed by atoms with Crippen molar-refractivity contribution in [2.75, 3.05) is 0 Å². The Labute approximate surface area is 404 Å². The molecule has 0 unspecified atom stereocenters. The van der Waals surface area contributed by atoms with Crippen LogP contribution in [0.15, 0.2) is 225 Å². The van der Waals surface area contributed by atoms with Crippen molar-refractivity contribution >= 4 is 91.4 Å². The van der Waals surface area contributed by atoms with Crippen molar-refractivity contribution in [3.8, 4) is 44.5 Å². The van der Waals surface area contributed by atoms with E-state index in [9.17, 15) is 0 Å². The van der Waals surface area contributed by atoms with E-state index in [0.29, 0.717) is 0 Å². The van der Waals surface area contributed by atoms with Crippen LogP contribution in [0.5, 0.6) is 0 Å². The Morgan fingerprint density at radius 3 is 1.55 bits per heavy atom. The number of rotatable bonds is 4. The summed E-state index contributed by atoms with van der Waals surface area (Å²) in [5.74, 6) is 0. The van der Waals surface area contributed by atoms with Crippen LogP contribution in [0.2, 0.25) is 0 Å². The van der Waals surface area contributed by atoms with Gasteiger partial charge in [0.05, 0.1) is 5.41 Å². The van der Waals surface area contributed by atoms with Gasteiger partial charge < -0.3 is 0 Å². The van der Waals surface area contributed by atoms with Crippen LogP contribution < -0.4 is 0 Å². The van der Waals surface area contributed by atoms with Crippen LogP contribution in [0.1, 0.15) is 33.4 Å². The van der Waals surface area contributed by atoms with Crippen molar-refractivity contribution < 1.29 is 0 Å². The highest BCUT2D eigenvalue weighted by atomic mass is 32.1. The molecule has 1 aromatic heterocycles. The Morgan fingerprint density at radius 1 is 0.391 bits per heavy atom. The lowest BCUT2D eigenvalue weighted by Crippen LogP contribution is -2.26. The van der Waals surface area contributed by atoms with E-state index in [1.165, 1.54) is 152 Å². The van der Waals surface area contributed by atoms with E-state index in [1.54, 1.807) is 0 Å². The fourth-order valence-electron chi connectivity index (χ4n) is 12.9. The first-order valence-electron chi connectivity index (χ1n) is 24.0. The lowest BCUT2D eigenvalue weighted by Gasteiger charge is -2.32. The molecule has 1 heteroatoms. The molecule has 1 spiro atoms. The van der Waals surface area contributed by atoms with E-state index < -0.39 is 5.41 Å². The molecule has 0 atom stereocenters. The smallest absolute Gasteiger partial charge is 0.0731 e. The highest BCUT2D eigenvalue weighted by Crippen LogP contribution is 2.66. The molecule has 320 valence electrons. The number of fused-ring (bicyclic) bond motifs is 21. The second-order valence-corrected chi connectivity index (χ2v) is 20.2. The molecule has 0 amide bonds. The van der Waals surface area contributed by atoms with Gasteiger partial charge in [0, 0.05) is 20.2 Å². The standard InChI is InChI=1S/C68H42S/c1-3-4-17-41-36-57-56-38-44(32-33-62(56)69-63(57)34-40(41)2)65-53-25-10-8-23-51(53)64(52-24-9-11-26-54(52)65)43-31-30-42-37-58-61(39-45(42)35-43)68(59-28-15-13-20-48(59)49-21-14-16-29-60(49)68)67-55-27-12-6-19-47(55)46-18-5-7-22-50(46)66(58)67/h3-39H,1H2,2H3/b17-4-. The van der Waals surface area contributed by atoms with Gasteiger partial charge in [-0.1, -0.05) is 189 Å². The van der Waals surface area contributed by atoms with Gasteiger partial charge in [-0.05, 0) is 181 Å². The average molecular weight is 891 g/mol. The van der Waals surface area contributed by atoms with Gasteiger partial charge in [-0.3, -0.25) is 0 Å². The lowest BCUT2D eigenvalue weighted by atomic mass is 9.69. The summed E-state index contributed by atoms with van der Waals surface area (Å²) in [6.45, 7) is 6.12. The summed E-state index contributed by atoms with van der Waals surface area (Å²) >= 11 is 1.88. The Bertz CT molecular complexity index is 4360. The van der Waals surface area contributed by atoms with Crippen LogP contribution in [0, 0.1) is 6.92 Å². The van der Waals surface area contributed by atoms with Gasteiger partial charge in [-0.25, -0.2) is 0 Å². The van der Waals surface area contributed by atoms with E-state index in [1.807, 2.05) is 23.5 Å². The maximum atomic E-state index is 3.92. The Morgan fingerprint density at radius 2 is 0.913 bits per heavy atom. The first-order chi connectivity index (χ1) is 34.1. The van der Waals surface area contributed by atoms with Crippen molar-refractivity contribution in [3.63, 3.8) is 0 Å². The van der Waals surface area contributed by atoms with Crippen molar-refractivity contribution in [1.29, 1.82) is 0 Å². The van der Waals surface area contributed by atoms with Gasteiger partial charge >= 0.3 is 0 Å². The molecule has 15 rings (SSSR count). The normalized spacial score (nSPS) is 13.4. The first kappa shape index (κ1) is 38.7. The zero-order chi connectivity index (χ0) is 45.5. The quantitative estimate of drug-likeness (QED) is 0.0938. The van der Waals surface area contributed by atoms with E-state index >= 15 is 0 Å². The number of hydrogen-bond donors (Lipinski definition) is 0. The minimum Gasteiger partial charge on any atom is -0.135 e. The maximum Gasteiger partial charge on any atom is 0.0731 e. The molecule has 0 saturated heterocycles. The summed E-state index contributed by atoms with van der Waals surface area (Å²) in [6, 6.07) is 78.8. The van der Waals surface area contributed by atoms with Crippen molar-refractivity contribution in [1.82, 2.24) is 0 Å². The zero-order valence-electron chi connectivity index (χ0n) is 38.0. The molecule has 69 heavy (non-hydrogen) atoms. The largest absolute Gasteiger partial charge is 0.135 e. The van der Waals surface area contributed by atoms with E-state index in [0.717, 1.165) is 0 Å². The second kappa shape index (κ2) is 14.3. The van der Waals surface area contributed by atoms with Gasteiger partial charge in [-0.15, -0.1) is 11.3 Å². The van der Waals surface area contributed by atoms with Gasteiger partial charge in [0.15, 0.2) is 0 Å². The molecule has 12 aromatic carbocycles. The molecular formula is C68H42S. The Balaban J connectivity index is 0.990. The summed E-state index contributed by atoms with van der Waals surface area (Å²) in [5, 5.41) is 15.4. The fourth-order valence-corrected chi connectivity index (χ4v) is 14.1. The monoisotopic (exact) mass is 890 g/mol. The van der Waals surface area contributed by atoms with Gasteiger partial charge in [-0.2, -0.15) is 0 Å². The molecule has 0 bridgehead atoms. The van der Waals surface area contributed by atoms with Gasteiger partial charge in [0.25, 0.3) is 0 Å². The van der Waals surface area contributed by atoms with Gasteiger partial charge in [0.2, 0.25) is 0 Å².